The van der Waals surface area contributed by atoms with Gasteiger partial charge in [-0.2, -0.15) is 0 Å². The maximum absolute atomic E-state index is 13.4. The summed E-state index contributed by atoms with van der Waals surface area (Å²) in [4.78, 5) is -0.0331. The zero-order valence-electron chi connectivity index (χ0n) is 12.3. The Morgan fingerprint density at radius 3 is 2.52 bits per heavy atom. The minimum absolute atomic E-state index is 0.0331. The maximum atomic E-state index is 13.4. The second-order valence-electron chi connectivity index (χ2n) is 5.83. The highest BCUT2D eigenvalue weighted by Gasteiger charge is 2.27. The molecule has 0 amide bonds. The van der Waals surface area contributed by atoms with Gasteiger partial charge in [-0.05, 0) is 49.4 Å². The van der Waals surface area contributed by atoms with E-state index in [-0.39, 0.29) is 23.4 Å². The van der Waals surface area contributed by atoms with Crippen LogP contribution in [0, 0.1) is 18.7 Å². The van der Waals surface area contributed by atoms with Crippen LogP contribution in [-0.4, -0.2) is 21.0 Å². The number of rotatable bonds is 5. The highest BCUT2D eigenvalue weighted by molar-refractivity contribution is 7.89. The van der Waals surface area contributed by atoms with E-state index in [9.17, 15) is 12.8 Å². The lowest BCUT2D eigenvalue weighted by atomic mass is 9.84. The Morgan fingerprint density at radius 1 is 1.29 bits per heavy atom. The van der Waals surface area contributed by atoms with Gasteiger partial charge < -0.3 is 5.73 Å². The van der Waals surface area contributed by atoms with Crippen molar-refractivity contribution in [3.8, 4) is 0 Å². The zero-order chi connectivity index (χ0) is 15.5. The summed E-state index contributed by atoms with van der Waals surface area (Å²) in [6.45, 7) is 1.93. The van der Waals surface area contributed by atoms with E-state index in [1.807, 2.05) is 0 Å². The molecule has 1 aromatic carbocycles. The largest absolute Gasteiger partial charge is 0.329 e. The van der Waals surface area contributed by atoms with Crippen LogP contribution in [0.3, 0.4) is 0 Å². The molecule has 4 nitrogen and oxygen atoms in total. The van der Waals surface area contributed by atoms with Crippen molar-refractivity contribution < 1.29 is 12.8 Å². The second kappa shape index (κ2) is 6.85. The van der Waals surface area contributed by atoms with Crippen LogP contribution in [0.5, 0.6) is 0 Å². The Kier molecular flexibility index (Phi) is 5.35. The first-order chi connectivity index (χ1) is 9.92. The molecule has 0 bridgehead atoms. The van der Waals surface area contributed by atoms with Gasteiger partial charge in [0.1, 0.15) is 5.82 Å². The molecule has 0 radical (unpaired) electrons. The first-order valence-electron chi connectivity index (χ1n) is 7.42. The zero-order valence-corrected chi connectivity index (χ0v) is 13.1. The molecule has 21 heavy (non-hydrogen) atoms. The van der Waals surface area contributed by atoms with Crippen LogP contribution in [0.4, 0.5) is 4.39 Å². The van der Waals surface area contributed by atoms with Gasteiger partial charge in [-0.1, -0.05) is 19.3 Å². The third-order valence-corrected chi connectivity index (χ3v) is 5.57. The number of nitrogens with two attached hydrogens (primary N) is 1. The van der Waals surface area contributed by atoms with E-state index in [1.165, 1.54) is 18.6 Å². The Morgan fingerprint density at radius 2 is 1.95 bits per heavy atom. The van der Waals surface area contributed by atoms with E-state index < -0.39 is 15.8 Å². The van der Waals surface area contributed by atoms with Crippen LogP contribution in [0.1, 0.15) is 37.7 Å². The molecular weight excluding hydrogens is 291 g/mol. The maximum Gasteiger partial charge on any atom is 0.240 e. The predicted molar refractivity (Wildman–Crippen MR) is 80.9 cm³/mol. The van der Waals surface area contributed by atoms with E-state index >= 15 is 0 Å². The molecule has 0 aliphatic heterocycles. The monoisotopic (exact) mass is 314 g/mol. The Balaban J connectivity index is 2.18. The van der Waals surface area contributed by atoms with Gasteiger partial charge in [0.2, 0.25) is 10.0 Å². The highest BCUT2D eigenvalue weighted by atomic mass is 32.2. The summed E-state index contributed by atoms with van der Waals surface area (Å²) >= 11 is 0. The van der Waals surface area contributed by atoms with Gasteiger partial charge in [-0.15, -0.1) is 0 Å². The van der Waals surface area contributed by atoms with E-state index in [0.29, 0.717) is 5.56 Å². The van der Waals surface area contributed by atoms with Crippen molar-refractivity contribution in [2.45, 2.75) is 50.0 Å². The highest BCUT2D eigenvalue weighted by Crippen LogP contribution is 2.27. The summed E-state index contributed by atoms with van der Waals surface area (Å²) < 4.78 is 40.9. The molecule has 1 aliphatic rings. The Bertz CT molecular complexity index is 563. The molecule has 6 heteroatoms. The van der Waals surface area contributed by atoms with Crippen LogP contribution in [0.2, 0.25) is 0 Å². The molecule has 3 N–H and O–H groups in total. The minimum Gasteiger partial charge on any atom is -0.329 e. The number of halogens is 1. The standard InChI is InChI=1S/C15H23FN2O2S/c1-11-7-13(16)9-14(8-11)21(19,20)18-15(10-17)12-5-3-2-4-6-12/h7-9,12,15,18H,2-6,10,17H2,1H3. The van der Waals surface area contributed by atoms with Gasteiger partial charge in [-0.3, -0.25) is 0 Å². The summed E-state index contributed by atoms with van der Waals surface area (Å²) in [5.74, 6) is -0.273. The van der Waals surface area contributed by atoms with Crippen molar-refractivity contribution in [3.05, 3.63) is 29.6 Å². The van der Waals surface area contributed by atoms with Gasteiger partial charge in [0.15, 0.2) is 0 Å². The molecule has 1 unspecified atom stereocenters. The summed E-state index contributed by atoms with van der Waals surface area (Å²) in [6.07, 6.45) is 5.41. The summed E-state index contributed by atoms with van der Waals surface area (Å²) in [5, 5.41) is 0. The molecule has 118 valence electrons. The first-order valence-corrected chi connectivity index (χ1v) is 8.90. The lowest BCUT2D eigenvalue weighted by Gasteiger charge is -2.29. The van der Waals surface area contributed by atoms with Crippen molar-refractivity contribution in [3.63, 3.8) is 0 Å². The molecule has 0 saturated heterocycles. The van der Waals surface area contributed by atoms with Crippen LogP contribution in [0.25, 0.3) is 0 Å². The van der Waals surface area contributed by atoms with Crippen molar-refractivity contribution >= 4 is 10.0 Å². The molecule has 0 spiro atoms. The summed E-state index contributed by atoms with van der Waals surface area (Å²) in [5.41, 5.74) is 6.33. The fourth-order valence-corrected chi connectivity index (χ4v) is 4.43. The van der Waals surface area contributed by atoms with Crippen LogP contribution in [0.15, 0.2) is 23.1 Å². The second-order valence-corrected chi connectivity index (χ2v) is 7.54. The van der Waals surface area contributed by atoms with E-state index in [2.05, 4.69) is 4.72 Å². The summed E-state index contributed by atoms with van der Waals surface area (Å²) in [7, 11) is -3.74. The van der Waals surface area contributed by atoms with E-state index in [1.54, 1.807) is 6.92 Å². The van der Waals surface area contributed by atoms with Crippen LogP contribution >= 0.6 is 0 Å². The average molecular weight is 314 g/mol. The van der Waals surface area contributed by atoms with Crippen molar-refractivity contribution in [1.29, 1.82) is 0 Å². The van der Waals surface area contributed by atoms with Gasteiger partial charge in [0.05, 0.1) is 4.90 Å². The fraction of sp³-hybridized carbons (Fsp3) is 0.600. The predicted octanol–water partition coefficient (Wildman–Crippen LogP) is 2.32. The fourth-order valence-electron chi connectivity index (χ4n) is 3.00. The molecule has 0 aromatic heterocycles. The smallest absolute Gasteiger partial charge is 0.240 e. The molecule has 2 rings (SSSR count). The van der Waals surface area contributed by atoms with Gasteiger partial charge >= 0.3 is 0 Å². The molecular formula is C15H23FN2O2S. The first kappa shape index (κ1) is 16.4. The Labute approximate surface area is 126 Å². The van der Waals surface area contributed by atoms with Crippen LogP contribution < -0.4 is 10.5 Å². The molecule has 1 aromatic rings. The molecule has 1 atom stereocenters. The molecule has 1 saturated carbocycles. The number of aryl methyl sites for hydroxylation is 1. The van der Waals surface area contributed by atoms with Crippen molar-refractivity contribution in [2.24, 2.45) is 11.7 Å². The number of hydrogen-bond donors (Lipinski definition) is 2. The Hall–Kier alpha value is -0.980. The summed E-state index contributed by atoms with van der Waals surface area (Å²) in [6, 6.07) is 3.54. The third kappa shape index (κ3) is 4.25. The molecule has 1 fully saturated rings. The molecule has 1 aliphatic carbocycles. The lowest BCUT2D eigenvalue weighted by molar-refractivity contribution is 0.294. The normalized spacial score (nSPS) is 18.6. The van der Waals surface area contributed by atoms with Gasteiger partial charge in [0.25, 0.3) is 0 Å². The quantitative estimate of drug-likeness (QED) is 0.876. The average Bonchev–Trinajstić information content (AvgIpc) is 2.45. The van der Waals surface area contributed by atoms with Gasteiger partial charge in [-0.25, -0.2) is 17.5 Å². The number of benzene rings is 1. The number of hydrogen-bond acceptors (Lipinski definition) is 3. The van der Waals surface area contributed by atoms with Crippen molar-refractivity contribution in [2.75, 3.05) is 6.54 Å². The SMILES string of the molecule is Cc1cc(F)cc(S(=O)(=O)NC(CN)C2CCCCC2)c1. The minimum atomic E-state index is -3.74. The number of nitrogens with one attached hydrogen (secondary N) is 1. The van der Waals surface area contributed by atoms with E-state index in [0.717, 1.165) is 31.7 Å². The van der Waals surface area contributed by atoms with Crippen molar-refractivity contribution in [1.82, 2.24) is 4.72 Å². The topological polar surface area (TPSA) is 72.2 Å². The number of sulfonamides is 1. The van der Waals surface area contributed by atoms with Crippen LogP contribution in [-0.2, 0) is 10.0 Å². The third-order valence-electron chi connectivity index (χ3n) is 4.11. The molecule has 0 heterocycles. The van der Waals surface area contributed by atoms with E-state index in [4.69, 9.17) is 5.73 Å². The van der Waals surface area contributed by atoms with Gasteiger partial charge in [0, 0.05) is 12.6 Å². The lowest BCUT2D eigenvalue weighted by Crippen LogP contribution is -2.45.